The number of amides is 1. The van der Waals surface area contributed by atoms with Crippen LogP contribution < -0.4 is 11.1 Å². The molecule has 3 N–H and O–H groups in total. The van der Waals surface area contributed by atoms with Crippen molar-refractivity contribution in [3.05, 3.63) is 15.6 Å². The SMILES string of the molecule is CCCNC(=O)c1sc(CN)nc1C. The van der Waals surface area contributed by atoms with Crippen LogP contribution in [0.3, 0.4) is 0 Å². The smallest absolute Gasteiger partial charge is 0.263 e. The van der Waals surface area contributed by atoms with Gasteiger partial charge < -0.3 is 11.1 Å². The Morgan fingerprint density at radius 2 is 2.36 bits per heavy atom. The Hall–Kier alpha value is -0.940. The molecule has 0 atom stereocenters. The maximum absolute atomic E-state index is 11.6. The van der Waals surface area contributed by atoms with Gasteiger partial charge in [0.25, 0.3) is 5.91 Å². The monoisotopic (exact) mass is 213 g/mol. The Morgan fingerprint density at radius 3 is 2.86 bits per heavy atom. The summed E-state index contributed by atoms with van der Waals surface area (Å²) in [7, 11) is 0. The lowest BCUT2D eigenvalue weighted by atomic mass is 10.3. The fourth-order valence-corrected chi connectivity index (χ4v) is 1.93. The highest BCUT2D eigenvalue weighted by Gasteiger charge is 2.13. The maximum atomic E-state index is 11.6. The van der Waals surface area contributed by atoms with Gasteiger partial charge in [-0.25, -0.2) is 4.98 Å². The van der Waals surface area contributed by atoms with E-state index >= 15 is 0 Å². The van der Waals surface area contributed by atoms with E-state index < -0.39 is 0 Å². The Balaban J connectivity index is 2.73. The van der Waals surface area contributed by atoms with Crippen molar-refractivity contribution in [3.8, 4) is 0 Å². The summed E-state index contributed by atoms with van der Waals surface area (Å²) in [6.45, 7) is 4.95. The zero-order valence-corrected chi connectivity index (χ0v) is 9.28. The Labute approximate surface area is 87.5 Å². The Morgan fingerprint density at radius 1 is 1.64 bits per heavy atom. The number of nitrogens with one attached hydrogen (secondary N) is 1. The van der Waals surface area contributed by atoms with Gasteiger partial charge in [0.05, 0.1) is 5.69 Å². The highest BCUT2D eigenvalue weighted by atomic mass is 32.1. The van der Waals surface area contributed by atoms with E-state index in [1.54, 1.807) is 0 Å². The predicted molar refractivity (Wildman–Crippen MR) is 57.4 cm³/mol. The third-order valence-corrected chi connectivity index (χ3v) is 2.94. The molecule has 14 heavy (non-hydrogen) atoms. The molecule has 1 aromatic rings. The summed E-state index contributed by atoms with van der Waals surface area (Å²) in [4.78, 5) is 16.4. The summed E-state index contributed by atoms with van der Waals surface area (Å²) < 4.78 is 0. The molecule has 0 aromatic carbocycles. The van der Waals surface area contributed by atoms with Crippen LogP contribution in [0.15, 0.2) is 0 Å². The largest absolute Gasteiger partial charge is 0.351 e. The quantitative estimate of drug-likeness (QED) is 0.785. The van der Waals surface area contributed by atoms with Gasteiger partial charge in [0, 0.05) is 13.1 Å². The van der Waals surface area contributed by atoms with Gasteiger partial charge >= 0.3 is 0 Å². The molecule has 0 bridgehead atoms. The van der Waals surface area contributed by atoms with Crippen molar-refractivity contribution in [2.45, 2.75) is 26.8 Å². The van der Waals surface area contributed by atoms with Crippen LogP contribution in [-0.4, -0.2) is 17.4 Å². The number of aromatic nitrogens is 1. The van der Waals surface area contributed by atoms with E-state index in [-0.39, 0.29) is 5.91 Å². The first kappa shape index (κ1) is 11.1. The third-order valence-electron chi connectivity index (χ3n) is 1.76. The van der Waals surface area contributed by atoms with Gasteiger partial charge in [-0.1, -0.05) is 6.92 Å². The molecular formula is C9H15N3OS. The molecule has 0 unspecified atom stereocenters. The van der Waals surface area contributed by atoms with Crippen LogP contribution in [0.25, 0.3) is 0 Å². The van der Waals surface area contributed by atoms with Gasteiger partial charge in [-0.3, -0.25) is 4.79 Å². The second-order valence-electron chi connectivity index (χ2n) is 2.98. The topological polar surface area (TPSA) is 68.0 Å². The number of thiazole rings is 1. The summed E-state index contributed by atoms with van der Waals surface area (Å²) in [5, 5.41) is 3.63. The van der Waals surface area contributed by atoms with Crippen LogP contribution in [0.5, 0.6) is 0 Å². The van der Waals surface area contributed by atoms with Gasteiger partial charge in [-0.05, 0) is 13.3 Å². The van der Waals surface area contributed by atoms with Crippen LogP contribution in [-0.2, 0) is 6.54 Å². The molecule has 1 rings (SSSR count). The summed E-state index contributed by atoms with van der Waals surface area (Å²) in [5.41, 5.74) is 6.22. The fourth-order valence-electron chi connectivity index (χ4n) is 1.07. The van der Waals surface area contributed by atoms with E-state index in [1.165, 1.54) is 11.3 Å². The van der Waals surface area contributed by atoms with Crippen molar-refractivity contribution in [2.24, 2.45) is 5.73 Å². The number of nitrogens with two attached hydrogens (primary N) is 1. The Bertz CT molecular complexity index is 322. The van der Waals surface area contributed by atoms with Crippen LogP contribution in [0.1, 0.15) is 33.7 Å². The van der Waals surface area contributed by atoms with E-state index in [2.05, 4.69) is 10.3 Å². The second-order valence-corrected chi connectivity index (χ2v) is 4.07. The van der Waals surface area contributed by atoms with E-state index in [1.807, 2.05) is 13.8 Å². The first-order chi connectivity index (χ1) is 6.69. The van der Waals surface area contributed by atoms with Crippen molar-refractivity contribution < 1.29 is 4.79 Å². The van der Waals surface area contributed by atoms with Crippen molar-refractivity contribution >= 4 is 17.2 Å². The van der Waals surface area contributed by atoms with E-state index in [0.29, 0.717) is 18.0 Å². The molecule has 78 valence electrons. The number of carbonyl (C=O) groups is 1. The van der Waals surface area contributed by atoms with Crippen molar-refractivity contribution in [1.29, 1.82) is 0 Å². The normalized spacial score (nSPS) is 10.2. The van der Waals surface area contributed by atoms with Crippen LogP contribution in [0, 0.1) is 6.92 Å². The van der Waals surface area contributed by atoms with E-state index in [0.717, 1.165) is 17.1 Å². The lowest BCUT2D eigenvalue weighted by Crippen LogP contribution is -2.23. The van der Waals surface area contributed by atoms with Gasteiger partial charge in [0.2, 0.25) is 0 Å². The van der Waals surface area contributed by atoms with Crippen molar-refractivity contribution in [3.63, 3.8) is 0 Å². The standard InChI is InChI=1S/C9H15N3OS/c1-3-4-11-9(13)8-6(2)12-7(5-10)14-8/h3-5,10H2,1-2H3,(H,11,13). The molecule has 1 aromatic heterocycles. The minimum Gasteiger partial charge on any atom is -0.351 e. The summed E-state index contributed by atoms with van der Waals surface area (Å²) in [5.74, 6) is -0.0402. The highest BCUT2D eigenvalue weighted by Crippen LogP contribution is 2.17. The van der Waals surface area contributed by atoms with Gasteiger partial charge in [-0.15, -0.1) is 11.3 Å². The third kappa shape index (κ3) is 2.52. The molecule has 0 fully saturated rings. The van der Waals surface area contributed by atoms with E-state index in [9.17, 15) is 4.79 Å². The second kappa shape index (κ2) is 5.07. The molecular weight excluding hydrogens is 198 g/mol. The van der Waals surface area contributed by atoms with E-state index in [4.69, 9.17) is 5.73 Å². The highest BCUT2D eigenvalue weighted by molar-refractivity contribution is 7.13. The predicted octanol–water partition coefficient (Wildman–Crippen LogP) is 1.05. The number of hydrogen-bond donors (Lipinski definition) is 2. The first-order valence-corrected chi connectivity index (χ1v) is 5.45. The Kier molecular flexibility index (Phi) is 4.03. The minimum absolute atomic E-state index is 0.0402. The summed E-state index contributed by atoms with van der Waals surface area (Å²) in [6.07, 6.45) is 0.938. The molecule has 0 radical (unpaired) electrons. The number of rotatable bonds is 4. The van der Waals surface area contributed by atoms with Crippen molar-refractivity contribution in [2.75, 3.05) is 6.54 Å². The van der Waals surface area contributed by atoms with Crippen LogP contribution in [0.2, 0.25) is 0 Å². The van der Waals surface area contributed by atoms with Gasteiger partial charge in [-0.2, -0.15) is 0 Å². The zero-order chi connectivity index (χ0) is 10.6. The molecule has 1 amide bonds. The molecule has 0 aliphatic rings. The average Bonchev–Trinajstić information content (AvgIpc) is 2.56. The molecule has 4 nitrogen and oxygen atoms in total. The minimum atomic E-state index is -0.0402. The molecule has 0 saturated heterocycles. The fraction of sp³-hybridized carbons (Fsp3) is 0.556. The maximum Gasteiger partial charge on any atom is 0.263 e. The zero-order valence-electron chi connectivity index (χ0n) is 8.46. The summed E-state index contributed by atoms with van der Waals surface area (Å²) >= 11 is 1.37. The first-order valence-electron chi connectivity index (χ1n) is 4.63. The number of aryl methyl sites for hydroxylation is 1. The molecule has 5 heteroatoms. The lowest BCUT2D eigenvalue weighted by molar-refractivity contribution is 0.0957. The summed E-state index contributed by atoms with van der Waals surface area (Å²) in [6, 6.07) is 0. The van der Waals surface area contributed by atoms with Gasteiger partial charge in [0.1, 0.15) is 9.88 Å². The lowest BCUT2D eigenvalue weighted by Gasteiger charge is -2.00. The number of carbonyl (C=O) groups excluding carboxylic acids is 1. The molecule has 0 spiro atoms. The molecule has 0 aliphatic heterocycles. The molecule has 1 heterocycles. The average molecular weight is 213 g/mol. The molecule has 0 aliphatic carbocycles. The van der Waals surface area contributed by atoms with Crippen LogP contribution in [0.4, 0.5) is 0 Å². The number of hydrogen-bond acceptors (Lipinski definition) is 4. The van der Waals surface area contributed by atoms with Gasteiger partial charge in [0.15, 0.2) is 0 Å². The van der Waals surface area contributed by atoms with Crippen LogP contribution >= 0.6 is 11.3 Å². The number of nitrogens with zero attached hydrogens (tertiary/aromatic N) is 1. The van der Waals surface area contributed by atoms with Crippen molar-refractivity contribution in [1.82, 2.24) is 10.3 Å². The molecule has 0 saturated carbocycles.